The first-order chi connectivity index (χ1) is 9.13. The van der Waals surface area contributed by atoms with Gasteiger partial charge in [0, 0.05) is 30.1 Å². The summed E-state index contributed by atoms with van der Waals surface area (Å²) in [5.74, 6) is 0.960. The summed E-state index contributed by atoms with van der Waals surface area (Å²) in [5.41, 5.74) is 3.04. The van der Waals surface area contributed by atoms with Crippen LogP contribution < -0.4 is 0 Å². The SMILES string of the molecule is CCn1c(C)cc(C(=O)COCCC2CCC2)c1C. The van der Waals surface area contributed by atoms with E-state index in [0.29, 0.717) is 0 Å². The number of ether oxygens (including phenoxy) is 1. The number of Topliss-reactive ketones (excluding diaryl/α,β-unsaturated/α-hetero) is 1. The van der Waals surface area contributed by atoms with Crippen LogP contribution in [0.2, 0.25) is 0 Å². The van der Waals surface area contributed by atoms with Crippen molar-refractivity contribution in [1.29, 1.82) is 0 Å². The predicted molar refractivity (Wildman–Crippen MR) is 76.7 cm³/mol. The van der Waals surface area contributed by atoms with Crippen molar-refractivity contribution in [2.45, 2.75) is 53.0 Å². The number of aromatic nitrogens is 1. The first-order valence-corrected chi connectivity index (χ1v) is 7.41. The fourth-order valence-corrected chi connectivity index (χ4v) is 2.84. The molecular weight excluding hydrogens is 238 g/mol. The van der Waals surface area contributed by atoms with Crippen LogP contribution in [-0.2, 0) is 11.3 Å². The Morgan fingerprint density at radius 3 is 2.68 bits per heavy atom. The number of aryl methyl sites for hydroxylation is 1. The minimum Gasteiger partial charge on any atom is -0.373 e. The Balaban J connectivity index is 1.82. The van der Waals surface area contributed by atoms with Crippen LogP contribution >= 0.6 is 0 Å². The predicted octanol–water partition coefficient (Wildman–Crippen LogP) is 3.51. The number of hydrogen-bond donors (Lipinski definition) is 0. The maximum absolute atomic E-state index is 12.1. The monoisotopic (exact) mass is 263 g/mol. The number of carbonyl (C=O) groups is 1. The number of nitrogens with zero attached hydrogens (tertiary/aromatic N) is 1. The lowest BCUT2D eigenvalue weighted by molar-refractivity contribution is 0.0704. The second kappa shape index (κ2) is 6.38. The zero-order valence-corrected chi connectivity index (χ0v) is 12.4. The molecule has 106 valence electrons. The molecular formula is C16H25NO2. The molecule has 1 aliphatic rings. The molecule has 1 aliphatic carbocycles. The van der Waals surface area contributed by atoms with Crippen molar-refractivity contribution in [3.63, 3.8) is 0 Å². The summed E-state index contributed by atoms with van der Waals surface area (Å²) >= 11 is 0. The summed E-state index contributed by atoms with van der Waals surface area (Å²) in [7, 11) is 0. The van der Waals surface area contributed by atoms with E-state index >= 15 is 0 Å². The Kier molecular flexibility index (Phi) is 4.81. The van der Waals surface area contributed by atoms with E-state index in [4.69, 9.17) is 4.74 Å². The van der Waals surface area contributed by atoms with Crippen LogP contribution in [0.4, 0.5) is 0 Å². The van der Waals surface area contributed by atoms with Crippen LogP contribution in [0, 0.1) is 19.8 Å². The quantitative estimate of drug-likeness (QED) is 0.557. The highest BCUT2D eigenvalue weighted by Gasteiger charge is 2.18. The van der Waals surface area contributed by atoms with Crippen molar-refractivity contribution in [1.82, 2.24) is 4.57 Å². The Hall–Kier alpha value is -1.09. The number of ketones is 1. The van der Waals surface area contributed by atoms with Crippen molar-refractivity contribution in [3.05, 3.63) is 23.0 Å². The van der Waals surface area contributed by atoms with Crippen LogP contribution in [0.15, 0.2) is 6.07 Å². The standard InChI is InChI=1S/C16H25NO2/c1-4-17-12(2)10-15(13(17)3)16(18)11-19-9-8-14-6-5-7-14/h10,14H,4-9,11H2,1-3H3. The van der Waals surface area contributed by atoms with E-state index in [-0.39, 0.29) is 12.4 Å². The molecule has 0 radical (unpaired) electrons. The molecule has 1 fully saturated rings. The molecule has 1 aromatic heterocycles. The summed E-state index contributed by atoms with van der Waals surface area (Å²) in [4.78, 5) is 12.1. The van der Waals surface area contributed by atoms with Crippen LogP contribution in [0.25, 0.3) is 0 Å². The van der Waals surface area contributed by atoms with Gasteiger partial charge in [0.15, 0.2) is 5.78 Å². The molecule has 19 heavy (non-hydrogen) atoms. The van der Waals surface area contributed by atoms with Crippen molar-refractivity contribution < 1.29 is 9.53 Å². The van der Waals surface area contributed by atoms with E-state index < -0.39 is 0 Å². The van der Waals surface area contributed by atoms with Crippen molar-refractivity contribution in [2.24, 2.45) is 5.92 Å². The molecule has 3 heteroatoms. The lowest BCUT2D eigenvalue weighted by Gasteiger charge is -2.24. The molecule has 0 spiro atoms. The Labute approximate surface area is 115 Å². The van der Waals surface area contributed by atoms with Gasteiger partial charge in [-0.05, 0) is 39.2 Å². The zero-order valence-electron chi connectivity index (χ0n) is 12.4. The van der Waals surface area contributed by atoms with Crippen LogP contribution in [0.1, 0.15) is 54.4 Å². The summed E-state index contributed by atoms with van der Waals surface area (Å²) in [6, 6.07) is 1.98. The Morgan fingerprint density at radius 2 is 2.16 bits per heavy atom. The van der Waals surface area contributed by atoms with Gasteiger partial charge in [-0.2, -0.15) is 0 Å². The molecule has 0 unspecified atom stereocenters. The van der Waals surface area contributed by atoms with E-state index in [0.717, 1.165) is 42.4 Å². The van der Waals surface area contributed by atoms with Crippen LogP contribution in [0.3, 0.4) is 0 Å². The van der Waals surface area contributed by atoms with Gasteiger partial charge in [0.25, 0.3) is 0 Å². The van der Waals surface area contributed by atoms with Gasteiger partial charge in [-0.3, -0.25) is 4.79 Å². The third-order valence-electron chi connectivity index (χ3n) is 4.32. The second-order valence-corrected chi connectivity index (χ2v) is 5.59. The topological polar surface area (TPSA) is 31.2 Å². The molecule has 0 amide bonds. The van der Waals surface area contributed by atoms with Gasteiger partial charge >= 0.3 is 0 Å². The fraction of sp³-hybridized carbons (Fsp3) is 0.688. The number of hydrogen-bond acceptors (Lipinski definition) is 2. The normalized spacial score (nSPS) is 15.5. The largest absolute Gasteiger partial charge is 0.373 e. The van der Waals surface area contributed by atoms with Crippen molar-refractivity contribution >= 4 is 5.78 Å². The van der Waals surface area contributed by atoms with Crippen molar-refractivity contribution in [2.75, 3.05) is 13.2 Å². The summed E-state index contributed by atoms with van der Waals surface area (Å²) in [6.45, 7) is 8.02. The summed E-state index contributed by atoms with van der Waals surface area (Å²) < 4.78 is 7.70. The maximum Gasteiger partial charge on any atom is 0.190 e. The second-order valence-electron chi connectivity index (χ2n) is 5.59. The van der Waals surface area contributed by atoms with E-state index in [9.17, 15) is 4.79 Å². The van der Waals surface area contributed by atoms with Crippen LogP contribution in [0.5, 0.6) is 0 Å². The molecule has 0 bridgehead atoms. The first-order valence-electron chi connectivity index (χ1n) is 7.41. The summed E-state index contributed by atoms with van der Waals surface area (Å²) in [5, 5.41) is 0. The van der Waals surface area contributed by atoms with E-state index in [1.54, 1.807) is 0 Å². The van der Waals surface area contributed by atoms with Gasteiger partial charge in [0.1, 0.15) is 6.61 Å². The first kappa shape index (κ1) is 14.3. The molecule has 2 rings (SSSR count). The minimum absolute atomic E-state index is 0.112. The molecule has 0 atom stereocenters. The average Bonchev–Trinajstić information content (AvgIpc) is 2.61. The van der Waals surface area contributed by atoms with E-state index in [1.807, 2.05) is 19.9 Å². The van der Waals surface area contributed by atoms with E-state index in [2.05, 4.69) is 11.5 Å². The van der Waals surface area contributed by atoms with Gasteiger partial charge < -0.3 is 9.30 Å². The number of rotatable bonds is 7. The average molecular weight is 263 g/mol. The Bertz CT molecular complexity index is 444. The molecule has 1 saturated carbocycles. The van der Waals surface area contributed by atoms with Gasteiger partial charge in [-0.15, -0.1) is 0 Å². The lowest BCUT2D eigenvalue weighted by Crippen LogP contribution is -2.16. The highest BCUT2D eigenvalue weighted by molar-refractivity contribution is 5.98. The molecule has 0 aliphatic heterocycles. The third-order valence-corrected chi connectivity index (χ3v) is 4.32. The highest BCUT2D eigenvalue weighted by Crippen LogP contribution is 2.29. The third kappa shape index (κ3) is 3.27. The molecule has 1 aromatic rings. The molecule has 3 nitrogen and oxygen atoms in total. The summed E-state index contributed by atoms with van der Waals surface area (Å²) in [6.07, 6.45) is 5.16. The Morgan fingerprint density at radius 1 is 1.42 bits per heavy atom. The maximum atomic E-state index is 12.1. The molecule has 0 saturated heterocycles. The molecule has 0 aromatic carbocycles. The van der Waals surface area contributed by atoms with Gasteiger partial charge in [0.05, 0.1) is 0 Å². The minimum atomic E-state index is 0.112. The molecule has 1 heterocycles. The van der Waals surface area contributed by atoms with Crippen molar-refractivity contribution in [3.8, 4) is 0 Å². The number of carbonyl (C=O) groups excluding carboxylic acids is 1. The highest BCUT2D eigenvalue weighted by atomic mass is 16.5. The fourth-order valence-electron chi connectivity index (χ4n) is 2.84. The smallest absolute Gasteiger partial charge is 0.190 e. The lowest BCUT2D eigenvalue weighted by atomic mass is 9.83. The van der Waals surface area contributed by atoms with Gasteiger partial charge in [-0.25, -0.2) is 0 Å². The molecule has 0 N–H and O–H groups in total. The van der Waals surface area contributed by atoms with Crippen LogP contribution in [-0.4, -0.2) is 23.6 Å². The zero-order chi connectivity index (χ0) is 13.8. The van der Waals surface area contributed by atoms with Gasteiger partial charge in [-0.1, -0.05) is 19.3 Å². The van der Waals surface area contributed by atoms with Gasteiger partial charge in [0.2, 0.25) is 0 Å². The van der Waals surface area contributed by atoms with E-state index in [1.165, 1.54) is 19.3 Å².